The first kappa shape index (κ1) is 18.1. The minimum atomic E-state index is -0.536. The molecule has 0 saturated carbocycles. The van der Waals surface area contributed by atoms with Crippen LogP contribution in [0.25, 0.3) is 0 Å². The Bertz CT molecular complexity index is 694. The number of unbranched alkanes of at least 4 members (excludes halogenated alkanes) is 1. The highest BCUT2D eigenvalue weighted by atomic mass is 35.5. The maximum Gasteiger partial charge on any atom is 0.262 e. The van der Waals surface area contributed by atoms with Crippen LogP contribution in [0.15, 0.2) is 42.5 Å². The quantitative estimate of drug-likeness (QED) is 0.703. The van der Waals surface area contributed by atoms with Crippen molar-refractivity contribution in [3.05, 3.63) is 53.3 Å². The van der Waals surface area contributed by atoms with Crippen LogP contribution in [0.5, 0.6) is 11.5 Å². The number of hydrogen-bond donors (Lipinski definition) is 1. The largest absolute Gasteiger partial charge is 0.491 e. The van der Waals surface area contributed by atoms with Gasteiger partial charge in [0.1, 0.15) is 17.3 Å². The first-order valence-electron chi connectivity index (χ1n) is 7.69. The van der Waals surface area contributed by atoms with Gasteiger partial charge >= 0.3 is 0 Å². The van der Waals surface area contributed by atoms with Gasteiger partial charge in [0.25, 0.3) is 5.91 Å². The molecule has 0 fully saturated rings. The molecule has 0 aliphatic rings. The van der Waals surface area contributed by atoms with Crippen LogP contribution in [0.3, 0.4) is 0 Å². The molecule has 2 rings (SSSR count). The molecule has 1 amide bonds. The predicted octanol–water partition coefficient (Wildman–Crippen LogP) is 4.68. The molecular weight excluding hydrogens is 333 g/mol. The van der Waals surface area contributed by atoms with Crippen molar-refractivity contribution in [3.8, 4) is 11.5 Å². The molecule has 24 heavy (non-hydrogen) atoms. The molecule has 0 aliphatic heterocycles. The Morgan fingerprint density at radius 1 is 1.21 bits per heavy atom. The summed E-state index contributed by atoms with van der Waals surface area (Å²) < 4.78 is 24.0. The van der Waals surface area contributed by atoms with Gasteiger partial charge in [-0.05, 0) is 30.7 Å². The molecule has 1 N–H and O–H groups in total. The fraction of sp³-hybridized carbons (Fsp3) is 0.278. The van der Waals surface area contributed by atoms with Crippen LogP contribution in [0.2, 0.25) is 5.02 Å². The predicted molar refractivity (Wildman–Crippen MR) is 92.4 cm³/mol. The minimum absolute atomic E-state index is 0.0532. The number of carbonyl (C=O) groups excluding carboxylic acids is 1. The third-order valence-electron chi connectivity index (χ3n) is 3.18. The van der Waals surface area contributed by atoms with E-state index in [1.807, 2.05) is 12.1 Å². The summed E-state index contributed by atoms with van der Waals surface area (Å²) in [5.41, 5.74) is 0.583. The van der Waals surface area contributed by atoms with Crippen LogP contribution in [-0.4, -0.2) is 19.1 Å². The Balaban J connectivity index is 1.91. The minimum Gasteiger partial charge on any atom is -0.491 e. The Kier molecular flexibility index (Phi) is 6.88. The summed E-state index contributed by atoms with van der Waals surface area (Å²) in [7, 11) is 0. The van der Waals surface area contributed by atoms with Crippen LogP contribution < -0.4 is 14.8 Å². The number of para-hydroxylation sites is 2. The van der Waals surface area contributed by atoms with Crippen molar-refractivity contribution < 1.29 is 18.7 Å². The summed E-state index contributed by atoms with van der Waals surface area (Å²) in [4.78, 5) is 12.0. The fourth-order valence-electron chi connectivity index (χ4n) is 1.92. The SMILES string of the molecule is CCCCOc1ccccc1NC(=O)COc1ccc(F)c(Cl)c1. The van der Waals surface area contributed by atoms with E-state index in [-0.39, 0.29) is 17.5 Å². The molecular formula is C18H19ClFNO3. The summed E-state index contributed by atoms with van der Waals surface area (Å²) in [6.07, 6.45) is 1.97. The van der Waals surface area contributed by atoms with Gasteiger partial charge < -0.3 is 14.8 Å². The van der Waals surface area contributed by atoms with Gasteiger partial charge in [0, 0.05) is 6.07 Å². The number of rotatable bonds is 8. The second-order valence-electron chi connectivity index (χ2n) is 5.11. The van der Waals surface area contributed by atoms with Crippen LogP contribution in [0.4, 0.5) is 10.1 Å². The number of nitrogens with one attached hydrogen (secondary N) is 1. The average molecular weight is 352 g/mol. The molecule has 2 aromatic rings. The van der Waals surface area contributed by atoms with Crippen LogP contribution in [0, 0.1) is 5.82 Å². The second kappa shape index (κ2) is 9.13. The molecule has 0 atom stereocenters. The second-order valence-corrected chi connectivity index (χ2v) is 5.52. The van der Waals surface area contributed by atoms with Crippen LogP contribution >= 0.6 is 11.6 Å². The summed E-state index contributed by atoms with van der Waals surface area (Å²) in [6, 6.07) is 11.1. The van der Waals surface area contributed by atoms with E-state index < -0.39 is 5.82 Å². The summed E-state index contributed by atoms with van der Waals surface area (Å²) in [5.74, 6) is 0.0572. The van der Waals surface area contributed by atoms with E-state index in [0.29, 0.717) is 23.8 Å². The highest BCUT2D eigenvalue weighted by molar-refractivity contribution is 6.30. The zero-order valence-electron chi connectivity index (χ0n) is 13.4. The first-order valence-corrected chi connectivity index (χ1v) is 8.07. The molecule has 0 unspecified atom stereocenters. The topological polar surface area (TPSA) is 47.6 Å². The number of halogens is 2. The maximum absolute atomic E-state index is 13.1. The number of amides is 1. The van der Waals surface area contributed by atoms with Crippen molar-refractivity contribution in [2.24, 2.45) is 0 Å². The Morgan fingerprint density at radius 3 is 2.75 bits per heavy atom. The summed E-state index contributed by atoms with van der Waals surface area (Å²) in [5, 5.41) is 2.68. The number of ether oxygens (including phenoxy) is 2. The maximum atomic E-state index is 13.1. The van der Waals surface area contributed by atoms with Gasteiger partial charge in [-0.2, -0.15) is 0 Å². The average Bonchev–Trinajstić information content (AvgIpc) is 2.58. The monoisotopic (exact) mass is 351 g/mol. The van der Waals surface area contributed by atoms with Gasteiger partial charge in [-0.1, -0.05) is 37.1 Å². The molecule has 0 radical (unpaired) electrons. The van der Waals surface area contributed by atoms with E-state index in [2.05, 4.69) is 12.2 Å². The first-order chi connectivity index (χ1) is 11.6. The number of carbonyl (C=O) groups is 1. The fourth-order valence-corrected chi connectivity index (χ4v) is 2.09. The van der Waals surface area contributed by atoms with E-state index in [1.54, 1.807) is 12.1 Å². The third-order valence-corrected chi connectivity index (χ3v) is 3.47. The van der Waals surface area contributed by atoms with Gasteiger partial charge in [-0.3, -0.25) is 4.79 Å². The van der Waals surface area contributed by atoms with Crippen molar-refractivity contribution in [1.29, 1.82) is 0 Å². The molecule has 0 spiro atoms. The standard InChI is InChI=1S/C18H19ClFNO3/c1-2-3-10-23-17-7-5-4-6-16(17)21-18(22)12-24-13-8-9-15(20)14(19)11-13/h4-9,11H,2-3,10,12H2,1H3,(H,21,22). The number of hydrogen-bond acceptors (Lipinski definition) is 3. The van der Waals surface area contributed by atoms with Crippen molar-refractivity contribution in [2.45, 2.75) is 19.8 Å². The molecule has 4 nitrogen and oxygen atoms in total. The highest BCUT2D eigenvalue weighted by Crippen LogP contribution is 2.24. The number of anilines is 1. The lowest BCUT2D eigenvalue weighted by Crippen LogP contribution is -2.20. The smallest absolute Gasteiger partial charge is 0.262 e. The Morgan fingerprint density at radius 2 is 2.00 bits per heavy atom. The van der Waals surface area contributed by atoms with Gasteiger partial charge in [0.15, 0.2) is 6.61 Å². The molecule has 0 bridgehead atoms. The van der Waals surface area contributed by atoms with Crippen molar-refractivity contribution in [1.82, 2.24) is 0 Å². The van der Waals surface area contributed by atoms with Gasteiger partial charge in [0.05, 0.1) is 17.3 Å². The van der Waals surface area contributed by atoms with Gasteiger partial charge in [0.2, 0.25) is 0 Å². The van der Waals surface area contributed by atoms with Crippen molar-refractivity contribution >= 4 is 23.2 Å². The Labute approximate surface area is 145 Å². The molecule has 0 aromatic heterocycles. The lowest BCUT2D eigenvalue weighted by atomic mass is 10.3. The lowest BCUT2D eigenvalue weighted by Gasteiger charge is -2.12. The van der Waals surface area contributed by atoms with E-state index in [4.69, 9.17) is 21.1 Å². The molecule has 0 saturated heterocycles. The van der Waals surface area contributed by atoms with Gasteiger partial charge in [-0.15, -0.1) is 0 Å². The molecule has 6 heteroatoms. The summed E-state index contributed by atoms with van der Waals surface area (Å²) >= 11 is 5.67. The van der Waals surface area contributed by atoms with Crippen molar-refractivity contribution in [2.75, 3.05) is 18.5 Å². The molecule has 128 valence electrons. The summed E-state index contributed by atoms with van der Waals surface area (Å²) in [6.45, 7) is 2.45. The molecule has 0 aliphatic carbocycles. The normalized spacial score (nSPS) is 10.3. The molecule has 2 aromatic carbocycles. The van der Waals surface area contributed by atoms with Crippen LogP contribution in [0.1, 0.15) is 19.8 Å². The van der Waals surface area contributed by atoms with E-state index >= 15 is 0 Å². The number of benzene rings is 2. The van der Waals surface area contributed by atoms with Crippen molar-refractivity contribution in [3.63, 3.8) is 0 Å². The van der Waals surface area contributed by atoms with Crippen LogP contribution in [-0.2, 0) is 4.79 Å². The molecule has 0 heterocycles. The van der Waals surface area contributed by atoms with E-state index in [0.717, 1.165) is 12.8 Å². The zero-order chi connectivity index (χ0) is 17.4. The van der Waals surface area contributed by atoms with E-state index in [1.165, 1.54) is 18.2 Å². The van der Waals surface area contributed by atoms with E-state index in [9.17, 15) is 9.18 Å². The highest BCUT2D eigenvalue weighted by Gasteiger charge is 2.09. The zero-order valence-corrected chi connectivity index (χ0v) is 14.1. The lowest BCUT2D eigenvalue weighted by molar-refractivity contribution is -0.118. The van der Waals surface area contributed by atoms with Gasteiger partial charge in [-0.25, -0.2) is 4.39 Å². The third kappa shape index (κ3) is 5.42. The Hall–Kier alpha value is -2.27.